The Morgan fingerprint density at radius 2 is 2.22 bits per heavy atom. The van der Waals surface area contributed by atoms with E-state index in [1.54, 1.807) is 6.92 Å². The number of carbonyl (C=O) groups excluding carboxylic acids is 1. The van der Waals surface area contributed by atoms with E-state index in [4.69, 9.17) is 4.74 Å². The second-order valence-electron chi connectivity index (χ2n) is 7.05. The third-order valence-electron chi connectivity index (χ3n) is 5.00. The lowest BCUT2D eigenvalue weighted by Crippen LogP contribution is -2.41. The SMILES string of the molecule is CCOC(=O)c1n[nH]c(C2CCN(CC3(C)CCNC3)CC2)n1. The van der Waals surface area contributed by atoms with Gasteiger partial charge in [-0.05, 0) is 51.2 Å². The van der Waals surface area contributed by atoms with Crippen molar-refractivity contribution >= 4 is 5.97 Å². The highest BCUT2D eigenvalue weighted by Gasteiger charge is 2.33. The lowest BCUT2D eigenvalue weighted by atomic mass is 9.87. The van der Waals surface area contributed by atoms with Gasteiger partial charge in [-0.15, -0.1) is 5.10 Å². The molecule has 3 heterocycles. The number of ether oxygens (including phenoxy) is 1. The van der Waals surface area contributed by atoms with Gasteiger partial charge in [0.25, 0.3) is 5.82 Å². The fraction of sp³-hybridized carbons (Fsp3) is 0.812. The Balaban J connectivity index is 1.51. The van der Waals surface area contributed by atoms with Gasteiger partial charge in [-0.3, -0.25) is 5.10 Å². The number of carbonyl (C=O) groups is 1. The van der Waals surface area contributed by atoms with Gasteiger partial charge in [0, 0.05) is 19.0 Å². The summed E-state index contributed by atoms with van der Waals surface area (Å²) in [5.41, 5.74) is 0.413. The Bertz CT molecular complexity index is 530. The van der Waals surface area contributed by atoms with E-state index in [9.17, 15) is 4.79 Å². The third kappa shape index (κ3) is 3.90. The van der Waals surface area contributed by atoms with Crippen molar-refractivity contribution < 1.29 is 9.53 Å². The highest BCUT2D eigenvalue weighted by Crippen LogP contribution is 2.30. The summed E-state index contributed by atoms with van der Waals surface area (Å²) in [5.74, 6) is 0.876. The summed E-state index contributed by atoms with van der Waals surface area (Å²) in [6.45, 7) is 10.1. The fourth-order valence-corrected chi connectivity index (χ4v) is 3.65. The Hall–Kier alpha value is -1.47. The minimum absolute atomic E-state index is 0.147. The number of esters is 1. The van der Waals surface area contributed by atoms with Gasteiger partial charge >= 0.3 is 5.97 Å². The standard InChI is InChI=1S/C16H27N5O2/c1-3-23-15(22)14-18-13(19-20-14)12-4-8-21(9-5-12)11-16(2)6-7-17-10-16/h12,17H,3-11H2,1-2H3,(H,18,19,20). The van der Waals surface area contributed by atoms with Crippen molar-refractivity contribution in [3.8, 4) is 0 Å². The van der Waals surface area contributed by atoms with Crippen molar-refractivity contribution in [2.45, 2.75) is 39.0 Å². The van der Waals surface area contributed by atoms with Gasteiger partial charge in [0.1, 0.15) is 5.82 Å². The van der Waals surface area contributed by atoms with Gasteiger partial charge < -0.3 is 15.0 Å². The maximum Gasteiger partial charge on any atom is 0.378 e. The summed E-state index contributed by atoms with van der Waals surface area (Å²) in [5, 5.41) is 10.4. The Morgan fingerprint density at radius 3 is 2.87 bits per heavy atom. The van der Waals surface area contributed by atoms with Crippen molar-refractivity contribution in [3.63, 3.8) is 0 Å². The highest BCUT2D eigenvalue weighted by molar-refractivity contribution is 5.84. The number of nitrogens with zero attached hydrogens (tertiary/aromatic N) is 3. The van der Waals surface area contributed by atoms with E-state index in [1.165, 1.54) is 6.42 Å². The molecular weight excluding hydrogens is 294 g/mol. The zero-order valence-electron chi connectivity index (χ0n) is 14.1. The molecule has 128 valence electrons. The molecule has 0 saturated carbocycles. The van der Waals surface area contributed by atoms with Crippen LogP contribution in [0.15, 0.2) is 0 Å². The molecule has 23 heavy (non-hydrogen) atoms. The van der Waals surface area contributed by atoms with Crippen LogP contribution in [0.4, 0.5) is 0 Å². The van der Waals surface area contributed by atoms with E-state index in [0.717, 1.165) is 51.4 Å². The van der Waals surface area contributed by atoms with Gasteiger partial charge in [-0.2, -0.15) is 0 Å². The van der Waals surface area contributed by atoms with Gasteiger partial charge in [0.05, 0.1) is 6.61 Å². The van der Waals surface area contributed by atoms with E-state index < -0.39 is 5.97 Å². The summed E-state index contributed by atoms with van der Waals surface area (Å²) in [4.78, 5) is 18.5. The molecule has 0 spiro atoms. The molecule has 2 aliphatic rings. The summed E-state index contributed by atoms with van der Waals surface area (Å²) in [6.07, 6.45) is 3.37. The first-order valence-electron chi connectivity index (χ1n) is 8.62. The number of aromatic amines is 1. The van der Waals surface area contributed by atoms with Crippen molar-refractivity contribution in [2.24, 2.45) is 5.41 Å². The van der Waals surface area contributed by atoms with E-state index >= 15 is 0 Å². The van der Waals surface area contributed by atoms with Crippen LogP contribution in [0.1, 0.15) is 55.5 Å². The van der Waals surface area contributed by atoms with Crippen LogP contribution >= 0.6 is 0 Å². The van der Waals surface area contributed by atoms with Crippen LogP contribution in [-0.2, 0) is 4.74 Å². The Labute approximate surface area is 137 Å². The molecule has 0 amide bonds. The van der Waals surface area contributed by atoms with Crippen molar-refractivity contribution in [3.05, 3.63) is 11.6 Å². The topological polar surface area (TPSA) is 83.1 Å². The van der Waals surface area contributed by atoms with Crippen LogP contribution in [0.25, 0.3) is 0 Å². The van der Waals surface area contributed by atoms with Gasteiger partial charge in [0.15, 0.2) is 0 Å². The molecule has 7 heteroatoms. The second-order valence-corrected chi connectivity index (χ2v) is 7.05. The summed E-state index contributed by atoms with van der Waals surface area (Å²) in [7, 11) is 0. The van der Waals surface area contributed by atoms with Crippen LogP contribution < -0.4 is 5.32 Å². The molecular formula is C16H27N5O2. The maximum atomic E-state index is 11.6. The molecule has 0 bridgehead atoms. The summed E-state index contributed by atoms with van der Waals surface area (Å²) >= 11 is 0. The van der Waals surface area contributed by atoms with Crippen LogP contribution in [0.2, 0.25) is 0 Å². The van der Waals surface area contributed by atoms with Gasteiger partial charge in [-0.25, -0.2) is 9.78 Å². The normalized spacial score (nSPS) is 26.5. The summed E-state index contributed by atoms with van der Waals surface area (Å²) < 4.78 is 4.93. The molecule has 0 aromatic carbocycles. The number of nitrogens with one attached hydrogen (secondary N) is 2. The fourth-order valence-electron chi connectivity index (χ4n) is 3.65. The molecule has 2 aliphatic heterocycles. The number of hydrogen-bond acceptors (Lipinski definition) is 6. The van der Waals surface area contributed by atoms with Crippen LogP contribution in [0, 0.1) is 5.41 Å². The van der Waals surface area contributed by atoms with Crippen molar-refractivity contribution in [2.75, 3.05) is 39.3 Å². The molecule has 1 atom stereocenters. The number of rotatable bonds is 5. The molecule has 1 aromatic rings. The van der Waals surface area contributed by atoms with E-state index in [0.29, 0.717) is 17.9 Å². The van der Waals surface area contributed by atoms with E-state index in [2.05, 4.69) is 32.3 Å². The zero-order chi connectivity index (χ0) is 16.3. The van der Waals surface area contributed by atoms with Crippen molar-refractivity contribution in [1.82, 2.24) is 25.4 Å². The predicted molar refractivity (Wildman–Crippen MR) is 86.3 cm³/mol. The second kappa shape index (κ2) is 6.97. The smallest absolute Gasteiger partial charge is 0.378 e. The molecule has 2 fully saturated rings. The molecule has 0 aliphatic carbocycles. The molecule has 7 nitrogen and oxygen atoms in total. The number of likely N-dealkylation sites (tertiary alicyclic amines) is 1. The minimum atomic E-state index is -0.450. The first-order valence-corrected chi connectivity index (χ1v) is 8.62. The van der Waals surface area contributed by atoms with Gasteiger partial charge in [-0.1, -0.05) is 6.92 Å². The summed E-state index contributed by atoms with van der Waals surface area (Å²) in [6, 6.07) is 0. The van der Waals surface area contributed by atoms with Crippen LogP contribution in [-0.4, -0.2) is 65.4 Å². The number of H-pyrrole nitrogens is 1. The quantitative estimate of drug-likeness (QED) is 0.792. The lowest BCUT2D eigenvalue weighted by molar-refractivity contribution is 0.0512. The number of hydrogen-bond donors (Lipinski definition) is 2. The third-order valence-corrected chi connectivity index (χ3v) is 5.00. The zero-order valence-corrected chi connectivity index (χ0v) is 14.1. The largest absolute Gasteiger partial charge is 0.460 e. The monoisotopic (exact) mass is 321 g/mol. The Morgan fingerprint density at radius 1 is 1.43 bits per heavy atom. The highest BCUT2D eigenvalue weighted by atomic mass is 16.5. The van der Waals surface area contributed by atoms with E-state index in [1.807, 2.05) is 0 Å². The molecule has 0 radical (unpaired) electrons. The predicted octanol–water partition coefficient (Wildman–Crippen LogP) is 1.16. The number of piperidine rings is 1. The first-order chi connectivity index (χ1) is 11.1. The average Bonchev–Trinajstić information content (AvgIpc) is 3.18. The molecule has 1 aromatic heterocycles. The lowest BCUT2D eigenvalue weighted by Gasteiger charge is -2.36. The molecule has 2 saturated heterocycles. The molecule has 3 rings (SSSR count). The van der Waals surface area contributed by atoms with Gasteiger partial charge in [0.2, 0.25) is 0 Å². The Kier molecular flexibility index (Phi) is 4.96. The number of aromatic nitrogens is 3. The van der Waals surface area contributed by atoms with Crippen LogP contribution in [0.3, 0.4) is 0 Å². The van der Waals surface area contributed by atoms with Crippen LogP contribution in [0.5, 0.6) is 0 Å². The molecule has 1 unspecified atom stereocenters. The molecule has 2 N–H and O–H groups in total. The maximum absolute atomic E-state index is 11.6. The average molecular weight is 321 g/mol. The first kappa shape index (κ1) is 16.4. The minimum Gasteiger partial charge on any atom is -0.460 e. The van der Waals surface area contributed by atoms with E-state index in [-0.39, 0.29) is 5.82 Å². The van der Waals surface area contributed by atoms with Crippen molar-refractivity contribution in [1.29, 1.82) is 0 Å².